The first-order chi connectivity index (χ1) is 23.7. The molecule has 1 fully saturated rings. The van der Waals surface area contributed by atoms with Gasteiger partial charge in [-0.1, -0.05) is 30.0 Å². The van der Waals surface area contributed by atoms with Gasteiger partial charge in [0, 0.05) is 53.9 Å². The summed E-state index contributed by atoms with van der Waals surface area (Å²) in [5, 5.41) is 12.5. The number of hydrogen-bond acceptors (Lipinski definition) is 8. The normalized spacial score (nSPS) is 14.3. The molecule has 49 heavy (non-hydrogen) atoms. The number of nitrogens with one attached hydrogen (secondary N) is 3. The minimum Gasteiger partial charge on any atom is -0.488 e. The molecule has 8 rings (SSSR count). The Morgan fingerprint density at radius 2 is 1.90 bits per heavy atom. The molecule has 1 atom stereocenters. The maximum atomic E-state index is 14.6. The third-order valence-corrected chi connectivity index (χ3v) is 9.48. The second kappa shape index (κ2) is 11.6. The van der Waals surface area contributed by atoms with Gasteiger partial charge in [0.2, 0.25) is 0 Å². The molecule has 0 radical (unpaired) electrons. The van der Waals surface area contributed by atoms with Crippen LogP contribution in [0, 0.1) is 11.8 Å². The van der Waals surface area contributed by atoms with Crippen molar-refractivity contribution in [2.45, 2.75) is 38.5 Å². The number of aromatic nitrogens is 6. The molecule has 1 saturated carbocycles. The standard InChI is InChI=1S/C34H29N9O5S/c1-20(37-33(44)29-31(38-42-16-6-15-35-32(29)42)40-49(46,47)39-23-12-13-23)30-25-19-48-26-14-11-22(10-9-21-17-36-41(2)18-21)27(28(25)26)34(45)43(30)24-7-4-3-5-8-24/h3-8,11,14-18,20,23,39H,12-13,19H2,1-2H3,(H,37,44)(H,38,40). The van der Waals surface area contributed by atoms with Crippen LogP contribution in [0.4, 0.5) is 5.82 Å². The second-order valence-corrected chi connectivity index (χ2v) is 13.4. The summed E-state index contributed by atoms with van der Waals surface area (Å²) in [7, 11) is -2.21. The van der Waals surface area contributed by atoms with E-state index >= 15 is 0 Å². The predicted octanol–water partition coefficient (Wildman–Crippen LogP) is 2.96. The molecule has 1 amide bonds. The SMILES string of the molecule is CC(NC(=O)c1c(NS(=O)(=O)NC2CC2)nn2cccnc12)c1c2c3c(ccc(C#Cc4cnn(C)c4)c3c(=O)n1-c1ccccc1)OC2. The van der Waals surface area contributed by atoms with Gasteiger partial charge in [-0.3, -0.25) is 23.6 Å². The quantitative estimate of drug-likeness (QED) is 0.207. The van der Waals surface area contributed by atoms with Gasteiger partial charge < -0.3 is 10.1 Å². The van der Waals surface area contributed by atoms with Crippen molar-refractivity contribution in [2.75, 3.05) is 4.72 Å². The van der Waals surface area contributed by atoms with Crippen LogP contribution in [-0.2, 0) is 23.9 Å². The molecule has 246 valence electrons. The highest BCUT2D eigenvalue weighted by Gasteiger charge is 2.33. The largest absolute Gasteiger partial charge is 0.488 e. The Balaban J connectivity index is 1.25. The zero-order valence-electron chi connectivity index (χ0n) is 26.3. The number of hydrogen-bond donors (Lipinski definition) is 3. The number of nitrogens with zero attached hydrogens (tertiary/aromatic N) is 6. The second-order valence-electron chi connectivity index (χ2n) is 11.9. The molecule has 2 aliphatic rings. The van der Waals surface area contributed by atoms with Gasteiger partial charge in [0.25, 0.3) is 11.5 Å². The number of ether oxygens (including phenoxy) is 1. The van der Waals surface area contributed by atoms with E-state index in [0.717, 1.165) is 18.4 Å². The van der Waals surface area contributed by atoms with Gasteiger partial charge in [0.1, 0.15) is 17.9 Å². The molecule has 1 aliphatic heterocycles. The summed E-state index contributed by atoms with van der Waals surface area (Å²) in [6.07, 6.45) is 7.97. The van der Waals surface area contributed by atoms with Gasteiger partial charge >= 0.3 is 10.2 Å². The van der Waals surface area contributed by atoms with Crippen molar-refractivity contribution in [3.8, 4) is 23.3 Å². The Morgan fingerprint density at radius 1 is 1.08 bits per heavy atom. The molecule has 0 saturated heterocycles. The molecule has 2 aromatic carbocycles. The van der Waals surface area contributed by atoms with Crippen LogP contribution in [-0.4, -0.2) is 49.3 Å². The molecule has 1 aliphatic carbocycles. The smallest absolute Gasteiger partial charge is 0.300 e. The highest BCUT2D eigenvalue weighted by molar-refractivity contribution is 7.90. The first-order valence-corrected chi connectivity index (χ1v) is 17.0. The summed E-state index contributed by atoms with van der Waals surface area (Å²) in [5.74, 6) is 5.98. The molecule has 4 aromatic heterocycles. The third kappa shape index (κ3) is 5.56. The Kier molecular flexibility index (Phi) is 7.20. The number of anilines is 1. The Bertz CT molecular complexity index is 2540. The highest BCUT2D eigenvalue weighted by Crippen LogP contribution is 2.39. The topological polar surface area (TPSA) is 167 Å². The molecule has 1 unspecified atom stereocenters. The van der Waals surface area contributed by atoms with Crippen molar-refractivity contribution < 1.29 is 17.9 Å². The van der Waals surface area contributed by atoms with Gasteiger partial charge in [0.15, 0.2) is 11.5 Å². The average Bonchev–Trinajstić information content (AvgIpc) is 3.44. The molecule has 0 spiro atoms. The maximum Gasteiger partial charge on any atom is 0.300 e. The Labute approximate surface area is 279 Å². The summed E-state index contributed by atoms with van der Waals surface area (Å²) in [6, 6.07) is 13.4. The molecule has 6 aromatic rings. The van der Waals surface area contributed by atoms with Crippen LogP contribution < -0.4 is 25.1 Å². The molecule has 3 N–H and O–H groups in total. The lowest BCUT2D eigenvalue weighted by molar-refractivity contribution is 0.0940. The van der Waals surface area contributed by atoms with Crippen molar-refractivity contribution >= 4 is 38.4 Å². The summed E-state index contributed by atoms with van der Waals surface area (Å²) < 4.78 is 41.3. The van der Waals surface area contributed by atoms with E-state index in [2.05, 4.69) is 41.8 Å². The fourth-order valence-electron chi connectivity index (χ4n) is 6.11. The van der Waals surface area contributed by atoms with Gasteiger partial charge in [-0.2, -0.15) is 18.2 Å². The number of amides is 1. The summed E-state index contributed by atoms with van der Waals surface area (Å²) in [4.78, 5) is 33.1. The lowest BCUT2D eigenvalue weighted by atomic mass is 9.97. The van der Waals surface area contributed by atoms with E-state index in [1.165, 1.54) is 10.7 Å². The predicted molar refractivity (Wildman–Crippen MR) is 181 cm³/mol. The van der Waals surface area contributed by atoms with Crippen LogP contribution >= 0.6 is 0 Å². The summed E-state index contributed by atoms with van der Waals surface area (Å²) >= 11 is 0. The van der Waals surface area contributed by atoms with E-state index in [0.29, 0.717) is 39.0 Å². The third-order valence-electron chi connectivity index (χ3n) is 8.38. The summed E-state index contributed by atoms with van der Waals surface area (Å²) in [6.45, 7) is 1.92. The first kappa shape index (κ1) is 30.4. The molecular formula is C34H29N9O5S. The van der Waals surface area contributed by atoms with Crippen LogP contribution in [0.3, 0.4) is 0 Å². The van der Waals surface area contributed by atoms with Gasteiger partial charge in [-0.15, -0.1) is 5.10 Å². The number of carbonyl (C=O) groups is 1. The van der Waals surface area contributed by atoms with Crippen LogP contribution in [0.5, 0.6) is 5.75 Å². The van der Waals surface area contributed by atoms with Crippen molar-refractivity contribution in [3.63, 3.8) is 0 Å². The van der Waals surface area contributed by atoms with E-state index in [1.807, 2.05) is 30.3 Å². The fraction of sp³-hybridized carbons (Fsp3) is 0.206. The number of pyridine rings is 1. The monoisotopic (exact) mass is 675 g/mol. The minimum absolute atomic E-state index is 0.0654. The lowest BCUT2D eigenvalue weighted by Gasteiger charge is -2.23. The summed E-state index contributed by atoms with van der Waals surface area (Å²) in [5.41, 5.74) is 2.81. The van der Waals surface area contributed by atoms with E-state index < -0.39 is 22.2 Å². The fourth-order valence-corrected chi connectivity index (χ4v) is 7.24. The van der Waals surface area contributed by atoms with Crippen molar-refractivity contribution in [1.29, 1.82) is 0 Å². The number of para-hydroxylation sites is 1. The van der Waals surface area contributed by atoms with Crippen molar-refractivity contribution in [2.24, 2.45) is 7.05 Å². The van der Waals surface area contributed by atoms with E-state index in [9.17, 15) is 18.0 Å². The van der Waals surface area contributed by atoms with E-state index in [1.54, 1.807) is 60.0 Å². The number of fused-ring (bicyclic) bond motifs is 1. The molecular weight excluding hydrogens is 646 g/mol. The molecule has 15 heteroatoms. The van der Waals surface area contributed by atoms with Crippen molar-refractivity contribution in [1.82, 2.24) is 39.0 Å². The van der Waals surface area contributed by atoms with Crippen LogP contribution in [0.15, 0.2) is 78.1 Å². The molecule has 5 heterocycles. The van der Waals surface area contributed by atoms with Crippen LogP contribution in [0.25, 0.3) is 22.1 Å². The maximum absolute atomic E-state index is 14.6. The first-order valence-electron chi connectivity index (χ1n) is 15.5. The number of aryl methyl sites for hydroxylation is 1. The van der Waals surface area contributed by atoms with Crippen LogP contribution in [0.1, 0.15) is 58.5 Å². The van der Waals surface area contributed by atoms with Gasteiger partial charge in [-0.25, -0.2) is 9.50 Å². The van der Waals surface area contributed by atoms with E-state index in [4.69, 9.17) is 4.74 Å². The molecule has 14 nitrogen and oxygen atoms in total. The van der Waals surface area contributed by atoms with Gasteiger partial charge in [0.05, 0.1) is 28.9 Å². The average molecular weight is 676 g/mol. The van der Waals surface area contributed by atoms with E-state index in [-0.39, 0.29) is 35.2 Å². The molecule has 0 bridgehead atoms. The Hall–Kier alpha value is -5.98. The number of benzene rings is 2. The minimum atomic E-state index is -4.02. The lowest BCUT2D eigenvalue weighted by Crippen LogP contribution is -2.35. The number of rotatable bonds is 8. The number of carbonyl (C=O) groups excluding carboxylic acids is 1. The highest BCUT2D eigenvalue weighted by atomic mass is 32.2. The van der Waals surface area contributed by atoms with Gasteiger partial charge in [-0.05, 0) is 50.1 Å². The van der Waals surface area contributed by atoms with Crippen molar-refractivity contribution in [3.05, 3.63) is 112 Å². The zero-order valence-corrected chi connectivity index (χ0v) is 27.2. The zero-order chi connectivity index (χ0) is 33.9. The van der Waals surface area contributed by atoms with Crippen LogP contribution in [0.2, 0.25) is 0 Å². The Morgan fingerprint density at radius 3 is 2.65 bits per heavy atom.